The van der Waals surface area contributed by atoms with E-state index >= 15 is 0 Å². The topological polar surface area (TPSA) is 35.9 Å². The average molecular weight is 416 g/mol. The summed E-state index contributed by atoms with van der Waals surface area (Å²) in [5.41, 5.74) is 4.78. The van der Waals surface area contributed by atoms with Gasteiger partial charge in [-0.3, -0.25) is 9.69 Å². The normalized spacial score (nSPS) is 15.9. The third-order valence-corrected chi connectivity index (χ3v) is 5.49. The average Bonchev–Trinajstić information content (AvgIpc) is 3.21. The zero-order valence-corrected chi connectivity index (χ0v) is 17.8. The lowest BCUT2D eigenvalue weighted by Crippen LogP contribution is -2.36. The SMILES string of the molecule is Cc1ccc([C@@H]2CC(c3cccc(F)c3)=NN2C(=O)CN(C)Cc2ccccc2)cc1. The Balaban J connectivity index is 1.56. The van der Waals surface area contributed by atoms with Crippen LogP contribution in [0.4, 0.5) is 4.39 Å². The van der Waals surface area contributed by atoms with Gasteiger partial charge in [0.15, 0.2) is 0 Å². The van der Waals surface area contributed by atoms with E-state index in [-0.39, 0.29) is 24.3 Å². The molecule has 31 heavy (non-hydrogen) atoms. The van der Waals surface area contributed by atoms with E-state index in [4.69, 9.17) is 0 Å². The van der Waals surface area contributed by atoms with Crippen molar-refractivity contribution in [2.75, 3.05) is 13.6 Å². The molecule has 0 aliphatic carbocycles. The molecule has 1 amide bonds. The smallest absolute Gasteiger partial charge is 0.257 e. The van der Waals surface area contributed by atoms with E-state index < -0.39 is 0 Å². The number of halogens is 1. The Labute approximate surface area is 182 Å². The predicted molar refractivity (Wildman–Crippen MR) is 121 cm³/mol. The van der Waals surface area contributed by atoms with Crippen LogP contribution in [0.15, 0.2) is 84.0 Å². The van der Waals surface area contributed by atoms with Gasteiger partial charge in [0.05, 0.1) is 18.3 Å². The molecule has 0 aromatic heterocycles. The van der Waals surface area contributed by atoms with Gasteiger partial charge in [-0.1, -0.05) is 72.3 Å². The van der Waals surface area contributed by atoms with E-state index in [1.165, 1.54) is 12.1 Å². The van der Waals surface area contributed by atoms with Crippen LogP contribution in [0.1, 0.15) is 34.7 Å². The molecule has 4 nitrogen and oxygen atoms in total. The second kappa shape index (κ2) is 9.23. The summed E-state index contributed by atoms with van der Waals surface area (Å²) in [5.74, 6) is -0.380. The molecule has 0 saturated heterocycles. The van der Waals surface area contributed by atoms with Gasteiger partial charge in [0, 0.05) is 18.5 Å². The fourth-order valence-corrected chi connectivity index (χ4v) is 3.89. The van der Waals surface area contributed by atoms with Crippen molar-refractivity contribution in [3.8, 4) is 0 Å². The number of aryl methyl sites for hydroxylation is 1. The maximum absolute atomic E-state index is 13.8. The summed E-state index contributed by atoms with van der Waals surface area (Å²) < 4.78 is 13.8. The second-order valence-electron chi connectivity index (χ2n) is 8.08. The highest BCUT2D eigenvalue weighted by Crippen LogP contribution is 2.33. The molecule has 3 aromatic rings. The fourth-order valence-electron chi connectivity index (χ4n) is 3.89. The molecule has 0 radical (unpaired) electrons. The molecule has 3 aromatic carbocycles. The number of hydrogen-bond donors (Lipinski definition) is 0. The highest BCUT2D eigenvalue weighted by molar-refractivity contribution is 6.03. The van der Waals surface area contributed by atoms with Crippen molar-refractivity contribution in [3.63, 3.8) is 0 Å². The number of hydrogen-bond acceptors (Lipinski definition) is 3. The summed E-state index contributed by atoms with van der Waals surface area (Å²) in [6, 6.07) is 24.4. The number of rotatable bonds is 6. The Morgan fingerprint density at radius 3 is 2.52 bits per heavy atom. The summed E-state index contributed by atoms with van der Waals surface area (Å²) in [6.45, 7) is 2.96. The van der Waals surface area contributed by atoms with Crippen molar-refractivity contribution in [1.82, 2.24) is 9.91 Å². The Kier molecular flexibility index (Phi) is 6.23. The van der Waals surface area contributed by atoms with E-state index in [1.54, 1.807) is 11.1 Å². The van der Waals surface area contributed by atoms with Crippen LogP contribution in [-0.4, -0.2) is 35.1 Å². The van der Waals surface area contributed by atoms with Crippen LogP contribution in [0.3, 0.4) is 0 Å². The van der Waals surface area contributed by atoms with Crippen LogP contribution in [0, 0.1) is 12.7 Å². The molecule has 0 bridgehead atoms. The van der Waals surface area contributed by atoms with E-state index in [2.05, 4.69) is 5.10 Å². The minimum Gasteiger partial charge on any atom is -0.293 e. The summed E-state index contributed by atoms with van der Waals surface area (Å²) in [4.78, 5) is 15.2. The number of carbonyl (C=O) groups excluding carboxylic acids is 1. The predicted octanol–water partition coefficient (Wildman–Crippen LogP) is 4.94. The molecule has 0 fully saturated rings. The van der Waals surface area contributed by atoms with E-state index in [1.807, 2.05) is 79.5 Å². The molecule has 0 unspecified atom stereocenters. The first-order valence-corrected chi connectivity index (χ1v) is 10.4. The first kappa shape index (κ1) is 20.9. The number of amides is 1. The van der Waals surface area contributed by atoms with Crippen molar-refractivity contribution >= 4 is 11.6 Å². The fraction of sp³-hybridized carbons (Fsp3) is 0.231. The summed E-state index contributed by atoms with van der Waals surface area (Å²) >= 11 is 0. The Morgan fingerprint density at radius 1 is 1.06 bits per heavy atom. The number of hydrazone groups is 1. The lowest BCUT2D eigenvalue weighted by Gasteiger charge is -2.25. The van der Waals surface area contributed by atoms with Crippen LogP contribution in [0.2, 0.25) is 0 Å². The van der Waals surface area contributed by atoms with Gasteiger partial charge in [-0.2, -0.15) is 5.10 Å². The molecule has 1 atom stereocenters. The zero-order valence-electron chi connectivity index (χ0n) is 17.8. The van der Waals surface area contributed by atoms with Gasteiger partial charge < -0.3 is 0 Å². The van der Waals surface area contributed by atoms with Gasteiger partial charge in [0.1, 0.15) is 5.82 Å². The lowest BCUT2D eigenvalue weighted by atomic mass is 9.97. The highest BCUT2D eigenvalue weighted by Gasteiger charge is 2.33. The largest absolute Gasteiger partial charge is 0.293 e. The quantitative estimate of drug-likeness (QED) is 0.571. The summed E-state index contributed by atoms with van der Waals surface area (Å²) in [5, 5.41) is 6.22. The van der Waals surface area contributed by atoms with E-state index in [0.717, 1.165) is 22.4 Å². The standard InChI is InChI=1S/C26H26FN3O/c1-19-11-13-21(14-12-19)25-16-24(22-9-6-10-23(27)15-22)28-30(25)26(31)18-29(2)17-20-7-4-3-5-8-20/h3-15,25H,16-18H2,1-2H3/t25-/m0/s1. The van der Waals surface area contributed by atoms with Crippen molar-refractivity contribution in [2.24, 2.45) is 5.10 Å². The molecule has 158 valence electrons. The van der Waals surface area contributed by atoms with Crippen molar-refractivity contribution < 1.29 is 9.18 Å². The number of carbonyl (C=O) groups is 1. The van der Waals surface area contributed by atoms with Gasteiger partial charge >= 0.3 is 0 Å². The van der Waals surface area contributed by atoms with Crippen molar-refractivity contribution in [1.29, 1.82) is 0 Å². The molecule has 1 heterocycles. The first-order chi connectivity index (χ1) is 15.0. The molecule has 1 aliphatic heterocycles. The van der Waals surface area contributed by atoms with Crippen LogP contribution in [-0.2, 0) is 11.3 Å². The zero-order chi connectivity index (χ0) is 21.8. The van der Waals surface area contributed by atoms with Gasteiger partial charge in [-0.25, -0.2) is 9.40 Å². The third-order valence-electron chi connectivity index (χ3n) is 5.49. The molecule has 0 spiro atoms. The second-order valence-corrected chi connectivity index (χ2v) is 8.08. The minimum atomic E-state index is -0.306. The number of likely N-dealkylation sites (N-methyl/N-ethyl adjacent to an activating group) is 1. The van der Waals surface area contributed by atoms with Crippen LogP contribution in [0.5, 0.6) is 0 Å². The van der Waals surface area contributed by atoms with Crippen LogP contribution < -0.4 is 0 Å². The highest BCUT2D eigenvalue weighted by atomic mass is 19.1. The van der Waals surface area contributed by atoms with Gasteiger partial charge in [-0.05, 0) is 37.2 Å². The van der Waals surface area contributed by atoms with E-state index in [9.17, 15) is 9.18 Å². The molecule has 0 N–H and O–H groups in total. The molecular weight excluding hydrogens is 389 g/mol. The molecule has 4 rings (SSSR count). The maximum atomic E-state index is 13.8. The minimum absolute atomic E-state index is 0.0737. The molecule has 1 aliphatic rings. The van der Waals surface area contributed by atoms with Crippen molar-refractivity contribution in [3.05, 3.63) is 107 Å². The number of nitrogens with zero attached hydrogens (tertiary/aromatic N) is 3. The van der Waals surface area contributed by atoms with Crippen molar-refractivity contribution in [2.45, 2.75) is 25.9 Å². The first-order valence-electron chi connectivity index (χ1n) is 10.4. The summed E-state index contributed by atoms with van der Waals surface area (Å²) in [7, 11) is 1.93. The summed E-state index contributed by atoms with van der Waals surface area (Å²) in [6.07, 6.45) is 0.556. The van der Waals surface area contributed by atoms with Gasteiger partial charge in [-0.15, -0.1) is 0 Å². The molecule has 5 heteroatoms. The van der Waals surface area contributed by atoms with Crippen LogP contribution in [0.25, 0.3) is 0 Å². The maximum Gasteiger partial charge on any atom is 0.257 e. The van der Waals surface area contributed by atoms with E-state index in [0.29, 0.717) is 18.5 Å². The Morgan fingerprint density at radius 2 is 1.81 bits per heavy atom. The lowest BCUT2D eigenvalue weighted by molar-refractivity contribution is -0.134. The molecular formula is C26H26FN3O. The Bertz CT molecular complexity index is 1080. The Hall–Kier alpha value is -3.31. The monoisotopic (exact) mass is 415 g/mol. The molecule has 0 saturated carbocycles. The third kappa shape index (κ3) is 5.06. The van der Waals surface area contributed by atoms with Gasteiger partial charge in [0.25, 0.3) is 5.91 Å². The van der Waals surface area contributed by atoms with Crippen LogP contribution >= 0.6 is 0 Å². The number of benzene rings is 3. The van der Waals surface area contributed by atoms with Gasteiger partial charge in [0.2, 0.25) is 0 Å².